The van der Waals surface area contributed by atoms with Crippen LogP contribution in [0.4, 0.5) is 5.69 Å². The van der Waals surface area contributed by atoms with E-state index >= 15 is 0 Å². The van der Waals surface area contributed by atoms with Gasteiger partial charge in [-0.2, -0.15) is 0 Å². The molecule has 6 heteroatoms. The SMILES string of the molecule is Clc1ccc(N2CCN(CCCn3nnc4ccccc43)CC2)cc1. The standard InChI is InChI=1S/C19H22ClN5/c20-16-6-8-17(9-7-16)24-14-12-23(13-15-24)10-3-11-25-19-5-2-1-4-18(19)21-22-25/h1-2,4-9H,3,10-15H2. The van der Waals surface area contributed by atoms with Gasteiger partial charge in [0.25, 0.3) is 0 Å². The van der Waals surface area contributed by atoms with Gasteiger partial charge in [-0.3, -0.25) is 4.90 Å². The molecule has 0 radical (unpaired) electrons. The molecule has 0 atom stereocenters. The van der Waals surface area contributed by atoms with Crippen LogP contribution in [0.3, 0.4) is 0 Å². The van der Waals surface area contributed by atoms with E-state index in [2.05, 4.69) is 38.3 Å². The third-order valence-corrected chi connectivity index (χ3v) is 5.08. The molecule has 2 aromatic carbocycles. The molecule has 1 aliphatic heterocycles. The van der Waals surface area contributed by atoms with Gasteiger partial charge < -0.3 is 4.90 Å². The van der Waals surface area contributed by atoms with Gasteiger partial charge in [0.05, 0.1) is 5.52 Å². The van der Waals surface area contributed by atoms with Crippen molar-refractivity contribution in [3.05, 3.63) is 53.6 Å². The van der Waals surface area contributed by atoms with Crippen molar-refractivity contribution in [2.24, 2.45) is 0 Å². The maximum Gasteiger partial charge on any atom is 0.113 e. The van der Waals surface area contributed by atoms with E-state index in [1.54, 1.807) is 0 Å². The Balaban J connectivity index is 1.26. The Labute approximate surface area is 152 Å². The summed E-state index contributed by atoms with van der Waals surface area (Å²) in [6.45, 7) is 6.34. The first-order valence-electron chi connectivity index (χ1n) is 8.81. The molecule has 5 nitrogen and oxygen atoms in total. The average molecular weight is 356 g/mol. The number of nitrogens with zero attached hydrogens (tertiary/aromatic N) is 5. The second-order valence-electron chi connectivity index (χ2n) is 6.46. The molecule has 1 saturated heterocycles. The number of fused-ring (bicyclic) bond motifs is 1. The molecule has 3 aromatic rings. The van der Waals surface area contributed by atoms with Gasteiger partial charge >= 0.3 is 0 Å². The monoisotopic (exact) mass is 355 g/mol. The van der Waals surface area contributed by atoms with Crippen molar-refractivity contribution in [3.8, 4) is 0 Å². The first kappa shape index (κ1) is 16.4. The van der Waals surface area contributed by atoms with Crippen molar-refractivity contribution in [2.75, 3.05) is 37.6 Å². The average Bonchev–Trinajstić information content (AvgIpc) is 3.06. The zero-order valence-electron chi connectivity index (χ0n) is 14.2. The molecule has 25 heavy (non-hydrogen) atoms. The highest BCUT2D eigenvalue weighted by Crippen LogP contribution is 2.19. The first-order valence-corrected chi connectivity index (χ1v) is 9.18. The van der Waals surface area contributed by atoms with Crippen LogP contribution in [0, 0.1) is 0 Å². The third-order valence-electron chi connectivity index (χ3n) is 4.83. The number of aryl methyl sites for hydroxylation is 1. The first-order chi connectivity index (χ1) is 12.3. The fourth-order valence-corrected chi connectivity index (χ4v) is 3.53. The van der Waals surface area contributed by atoms with E-state index in [1.165, 1.54) is 5.69 Å². The van der Waals surface area contributed by atoms with Crippen LogP contribution in [-0.2, 0) is 6.54 Å². The Bertz CT molecular complexity index is 821. The Morgan fingerprint density at radius 2 is 1.64 bits per heavy atom. The number of rotatable bonds is 5. The van der Waals surface area contributed by atoms with E-state index in [0.717, 1.165) is 61.7 Å². The van der Waals surface area contributed by atoms with E-state index in [-0.39, 0.29) is 0 Å². The Morgan fingerprint density at radius 1 is 0.880 bits per heavy atom. The fourth-order valence-electron chi connectivity index (χ4n) is 3.41. The molecule has 1 aliphatic rings. The largest absolute Gasteiger partial charge is 0.369 e. The number of hydrogen-bond donors (Lipinski definition) is 0. The maximum absolute atomic E-state index is 5.97. The van der Waals surface area contributed by atoms with Gasteiger partial charge in [-0.15, -0.1) is 5.10 Å². The van der Waals surface area contributed by atoms with Crippen LogP contribution in [-0.4, -0.2) is 52.6 Å². The quantitative estimate of drug-likeness (QED) is 0.703. The van der Waals surface area contributed by atoms with Gasteiger partial charge in [-0.25, -0.2) is 4.68 Å². The highest BCUT2D eigenvalue weighted by atomic mass is 35.5. The summed E-state index contributed by atoms with van der Waals surface area (Å²) in [5.41, 5.74) is 3.35. The molecule has 0 N–H and O–H groups in total. The lowest BCUT2D eigenvalue weighted by molar-refractivity contribution is 0.249. The summed E-state index contributed by atoms with van der Waals surface area (Å²) in [6, 6.07) is 16.3. The zero-order chi connectivity index (χ0) is 17.1. The van der Waals surface area contributed by atoms with E-state index in [0.29, 0.717) is 0 Å². The van der Waals surface area contributed by atoms with Gasteiger partial charge in [0, 0.05) is 50.0 Å². The number of piperazine rings is 1. The normalized spacial score (nSPS) is 15.8. The van der Waals surface area contributed by atoms with Gasteiger partial charge in [0.2, 0.25) is 0 Å². The molecule has 0 saturated carbocycles. The Morgan fingerprint density at radius 3 is 2.44 bits per heavy atom. The number of halogens is 1. The lowest BCUT2D eigenvalue weighted by Crippen LogP contribution is -2.46. The summed E-state index contributed by atoms with van der Waals surface area (Å²) in [6.07, 6.45) is 1.09. The van der Waals surface area contributed by atoms with E-state index in [1.807, 2.05) is 35.0 Å². The molecule has 130 valence electrons. The summed E-state index contributed by atoms with van der Waals surface area (Å²) >= 11 is 5.97. The summed E-state index contributed by atoms with van der Waals surface area (Å²) in [4.78, 5) is 4.96. The highest BCUT2D eigenvalue weighted by Gasteiger charge is 2.17. The van der Waals surface area contributed by atoms with Crippen LogP contribution in [0.1, 0.15) is 6.42 Å². The number of hydrogen-bond acceptors (Lipinski definition) is 4. The van der Waals surface area contributed by atoms with Crippen molar-refractivity contribution < 1.29 is 0 Å². The summed E-state index contributed by atoms with van der Waals surface area (Å²) in [5.74, 6) is 0. The predicted molar refractivity (Wildman–Crippen MR) is 102 cm³/mol. The Hall–Kier alpha value is -2.11. The summed E-state index contributed by atoms with van der Waals surface area (Å²) in [5, 5.41) is 9.28. The highest BCUT2D eigenvalue weighted by molar-refractivity contribution is 6.30. The summed E-state index contributed by atoms with van der Waals surface area (Å²) in [7, 11) is 0. The molecule has 1 aromatic heterocycles. The molecular formula is C19H22ClN5. The number of anilines is 1. The van der Waals surface area contributed by atoms with Crippen LogP contribution in [0.15, 0.2) is 48.5 Å². The molecule has 0 amide bonds. The second-order valence-corrected chi connectivity index (χ2v) is 6.90. The van der Waals surface area contributed by atoms with E-state index in [9.17, 15) is 0 Å². The smallest absolute Gasteiger partial charge is 0.113 e. The van der Waals surface area contributed by atoms with Crippen molar-refractivity contribution in [3.63, 3.8) is 0 Å². The van der Waals surface area contributed by atoms with Crippen molar-refractivity contribution >= 4 is 28.3 Å². The molecule has 0 unspecified atom stereocenters. The van der Waals surface area contributed by atoms with Crippen molar-refractivity contribution in [1.29, 1.82) is 0 Å². The molecular weight excluding hydrogens is 334 g/mol. The van der Waals surface area contributed by atoms with Crippen LogP contribution < -0.4 is 4.90 Å². The minimum atomic E-state index is 0.794. The molecule has 4 rings (SSSR count). The molecule has 0 bridgehead atoms. The zero-order valence-corrected chi connectivity index (χ0v) is 14.9. The van der Waals surface area contributed by atoms with Crippen molar-refractivity contribution in [1.82, 2.24) is 19.9 Å². The molecule has 2 heterocycles. The number of para-hydroxylation sites is 1. The lowest BCUT2D eigenvalue weighted by Gasteiger charge is -2.36. The van der Waals surface area contributed by atoms with Crippen molar-refractivity contribution in [2.45, 2.75) is 13.0 Å². The van der Waals surface area contributed by atoms with E-state index in [4.69, 9.17) is 11.6 Å². The predicted octanol–water partition coefficient (Wildman–Crippen LogP) is 3.30. The van der Waals surface area contributed by atoms with Gasteiger partial charge in [-0.1, -0.05) is 28.9 Å². The van der Waals surface area contributed by atoms with Gasteiger partial charge in [0.1, 0.15) is 5.52 Å². The third kappa shape index (κ3) is 3.78. The summed E-state index contributed by atoms with van der Waals surface area (Å²) < 4.78 is 2.01. The second kappa shape index (κ2) is 7.42. The van der Waals surface area contributed by atoms with E-state index < -0.39 is 0 Å². The van der Waals surface area contributed by atoms with Crippen LogP contribution in [0.5, 0.6) is 0 Å². The maximum atomic E-state index is 5.97. The van der Waals surface area contributed by atoms with Crippen LogP contribution >= 0.6 is 11.6 Å². The number of aromatic nitrogens is 3. The van der Waals surface area contributed by atoms with Gasteiger partial charge in [-0.05, 0) is 42.8 Å². The fraction of sp³-hybridized carbons (Fsp3) is 0.368. The Kier molecular flexibility index (Phi) is 4.85. The topological polar surface area (TPSA) is 37.2 Å². The number of benzene rings is 2. The minimum absolute atomic E-state index is 0.794. The van der Waals surface area contributed by atoms with Gasteiger partial charge in [0.15, 0.2) is 0 Å². The minimum Gasteiger partial charge on any atom is -0.369 e. The van der Waals surface area contributed by atoms with Crippen LogP contribution in [0.2, 0.25) is 5.02 Å². The molecule has 0 aliphatic carbocycles. The molecule has 0 spiro atoms. The lowest BCUT2D eigenvalue weighted by atomic mass is 10.2. The van der Waals surface area contributed by atoms with Crippen LogP contribution in [0.25, 0.3) is 11.0 Å². The molecule has 1 fully saturated rings.